The van der Waals surface area contributed by atoms with Gasteiger partial charge in [0.05, 0.1) is 17.4 Å². The molecule has 2 aromatic heterocycles. The number of hydrogen-bond acceptors (Lipinski definition) is 6. The molecule has 0 aliphatic carbocycles. The van der Waals surface area contributed by atoms with E-state index in [0.29, 0.717) is 18.7 Å². The summed E-state index contributed by atoms with van der Waals surface area (Å²) < 4.78 is 0. The SMILES string of the molecule is CCN1CCN(c2cncc(C(=O)N3CCN(c4ccccn4)CC3)c2)CC1. The van der Waals surface area contributed by atoms with Crippen molar-refractivity contribution in [2.75, 3.05) is 68.7 Å². The topological polar surface area (TPSA) is 55.8 Å². The molecule has 2 aromatic rings. The van der Waals surface area contributed by atoms with E-state index in [1.54, 1.807) is 6.20 Å². The lowest BCUT2D eigenvalue weighted by Crippen LogP contribution is -2.49. The van der Waals surface area contributed by atoms with Gasteiger partial charge in [0.2, 0.25) is 0 Å². The van der Waals surface area contributed by atoms with Crippen LogP contribution in [0.5, 0.6) is 0 Å². The summed E-state index contributed by atoms with van der Waals surface area (Å²) in [4.78, 5) is 30.7. The molecule has 148 valence electrons. The quantitative estimate of drug-likeness (QED) is 0.803. The van der Waals surface area contributed by atoms with Gasteiger partial charge in [-0.3, -0.25) is 9.78 Å². The summed E-state index contributed by atoms with van der Waals surface area (Å²) in [6.45, 7) is 10.4. The molecular formula is C21H28N6O. The van der Waals surface area contributed by atoms with Crippen LogP contribution in [0.4, 0.5) is 11.5 Å². The summed E-state index contributed by atoms with van der Waals surface area (Å²) in [5.74, 6) is 1.05. The maximum atomic E-state index is 13.0. The van der Waals surface area contributed by atoms with Crippen LogP contribution in [0, 0.1) is 0 Å². The van der Waals surface area contributed by atoms with Gasteiger partial charge in [-0.2, -0.15) is 0 Å². The van der Waals surface area contributed by atoms with Crippen LogP contribution in [-0.4, -0.2) is 84.6 Å². The first kappa shape index (κ1) is 18.7. The average molecular weight is 380 g/mol. The second kappa shape index (κ2) is 8.56. The zero-order chi connectivity index (χ0) is 19.3. The van der Waals surface area contributed by atoms with Crippen molar-refractivity contribution < 1.29 is 4.79 Å². The van der Waals surface area contributed by atoms with Crippen LogP contribution in [-0.2, 0) is 0 Å². The molecule has 4 heterocycles. The molecule has 1 amide bonds. The van der Waals surface area contributed by atoms with Gasteiger partial charge in [-0.25, -0.2) is 4.98 Å². The number of anilines is 2. The second-order valence-electron chi connectivity index (χ2n) is 7.32. The number of amides is 1. The molecule has 7 nitrogen and oxygen atoms in total. The van der Waals surface area contributed by atoms with E-state index < -0.39 is 0 Å². The number of nitrogens with zero attached hydrogens (tertiary/aromatic N) is 6. The monoisotopic (exact) mass is 380 g/mol. The normalized spacial score (nSPS) is 18.4. The lowest BCUT2D eigenvalue weighted by Gasteiger charge is -2.36. The van der Waals surface area contributed by atoms with E-state index in [2.05, 4.69) is 31.6 Å². The van der Waals surface area contributed by atoms with Crippen LogP contribution >= 0.6 is 0 Å². The van der Waals surface area contributed by atoms with E-state index in [9.17, 15) is 4.79 Å². The van der Waals surface area contributed by atoms with Crippen LogP contribution in [0.25, 0.3) is 0 Å². The Morgan fingerprint density at radius 2 is 1.71 bits per heavy atom. The Balaban J connectivity index is 1.38. The predicted molar refractivity (Wildman–Crippen MR) is 111 cm³/mol. The highest BCUT2D eigenvalue weighted by Crippen LogP contribution is 2.19. The first-order valence-electron chi connectivity index (χ1n) is 10.1. The van der Waals surface area contributed by atoms with Gasteiger partial charge in [0.15, 0.2) is 0 Å². The Labute approximate surface area is 166 Å². The fraction of sp³-hybridized carbons (Fsp3) is 0.476. The van der Waals surface area contributed by atoms with Gasteiger partial charge in [0.25, 0.3) is 5.91 Å². The molecule has 0 bridgehead atoms. The largest absolute Gasteiger partial charge is 0.368 e. The van der Waals surface area contributed by atoms with E-state index in [-0.39, 0.29) is 5.91 Å². The number of carbonyl (C=O) groups is 1. The summed E-state index contributed by atoms with van der Waals surface area (Å²) >= 11 is 0. The molecule has 0 N–H and O–H groups in total. The minimum atomic E-state index is 0.0715. The first-order valence-corrected chi connectivity index (χ1v) is 10.1. The molecular weight excluding hydrogens is 352 g/mol. The number of rotatable bonds is 4. The Kier molecular flexibility index (Phi) is 5.71. The summed E-state index contributed by atoms with van der Waals surface area (Å²) in [5.41, 5.74) is 1.73. The highest BCUT2D eigenvalue weighted by Gasteiger charge is 2.24. The zero-order valence-corrected chi connectivity index (χ0v) is 16.5. The number of aromatic nitrogens is 2. The number of carbonyl (C=O) groups excluding carboxylic acids is 1. The summed E-state index contributed by atoms with van der Waals surface area (Å²) in [6.07, 6.45) is 5.38. The summed E-state index contributed by atoms with van der Waals surface area (Å²) in [5, 5.41) is 0. The zero-order valence-electron chi connectivity index (χ0n) is 16.5. The summed E-state index contributed by atoms with van der Waals surface area (Å²) in [7, 11) is 0. The van der Waals surface area contributed by atoms with Crippen molar-refractivity contribution in [3.63, 3.8) is 0 Å². The highest BCUT2D eigenvalue weighted by atomic mass is 16.2. The van der Waals surface area contributed by atoms with Crippen LogP contribution < -0.4 is 9.80 Å². The molecule has 0 radical (unpaired) electrons. The molecule has 0 spiro atoms. The van der Waals surface area contributed by atoms with Gasteiger partial charge in [-0.1, -0.05) is 13.0 Å². The van der Waals surface area contributed by atoms with Crippen molar-refractivity contribution >= 4 is 17.4 Å². The lowest BCUT2D eigenvalue weighted by molar-refractivity contribution is 0.0746. The molecule has 0 atom stereocenters. The van der Waals surface area contributed by atoms with Crippen LogP contribution in [0.15, 0.2) is 42.9 Å². The maximum absolute atomic E-state index is 13.0. The Bertz CT molecular complexity index is 782. The van der Waals surface area contributed by atoms with Gasteiger partial charge in [-0.05, 0) is 24.7 Å². The van der Waals surface area contributed by atoms with Gasteiger partial charge in [0.1, 0.15) is 5.82 Å². The molecule has 2 aliphatic rings. The molecule has 0 aromatic carbocycles. The Morgan fingerprint density at radius 3 is 2.39 bits per heavy atom. The van der Waals surface area contributed by atoms with E-state index in [4.69, 9.17) is 0 Å². The Morgan fingerprint density at radius 1 is 0.964 bits per heavy atom. The fourth-order valence-corrected chi connectivity index (χ4v) is 3.90. The molecule has 28 heavy (non-hydrogen) atoms. The van der Waals surface area contributed by atoms with Gasteiger partial charge < -0.3 is 19.6 Å². The summed E-state index contributed by atoms with van der Waals surface area (Å²) in [6, 6.07) is 7.94. The molecule has 2 aliphatic heterocycles. The van der Waals surface area contributed by atoms with Crippen molar-refractivity contribution in [1.82, 2.24) is 19.8 Å². The first-order chi connectivity index (χ1) is 13.7. The molecule has 7 heteroatoms. The number of likely N-dealkylation sites (N-methyl/N-ethyl adjacent to an activating group) is 1. The van der Waals surface area contributed by atoms with Gasteiger partial charge >= 0.3 is 0 Å². The fourth-order valence-electron chi connectivity index (χ4n) is 3.90. The smallest absolute Gasteiger partial charge is 0.255 e. The molecule has 4 rings (SSSR count). The Hall–Kier alpha value is -2.67. The van der Waals surface area contributed by atoms with Crippen molar-refractivity contribution in [2.24, 2.45) is 0 Å². The number of hydrogen-bond donors (Lipinski definition) is 0. The van der Waals surface area contributed by atoms with E-state index in [1.165, 1.54) is 0 Å². The average Bonchev–Trinajstić information content (AvgIpc) is 2.79. The maximum Gasteiger partial charge on any atom is 0.255 e. The highest BCUT2D eigenvalue weighted by molar-refractivity contribution is 5.95. The molecule has 0 unspecified atom stereocenters. The third kappa shape index (κ3) is 4.09. The third-order valence-corrected chi connectivity index (χ3v) is 5.70. The van der Waals surface area contributed by atoms with Gasteiger partial charge in [-0.15, -0.1) is 0 Å². The van der Waals surface area contributed by atoms with Crippen molar-refractivity contribution in [3.05, 3.63) is 48.4 Å². The van der Waals surface area contributed by atoms with Crippen LogP contribution in [0.3, 0.4) is 0 Å². The second-order valence-corrected chi connectivity index (χ2v) is 7.32. The van der Waals surface area contributed by atoms with Crippen LogP contribution in [0.2, 0.25) is 0 Å². The van der Waals surface area contributed by atoms with E-state index >= 15 is 0 Å². The standard InChI is InChI=1S/C21H28N6O/c1-2-24-7-9-25(10-8-24)19-15-18(16-22-17-19)21(28)27-13-11-26(12-14-27)20-5-3-4-6-23-20/h3-6,15-17H,2,7-14H2,1H3. The van der Waals surface area contributed by atoms with Gasteiger partial charge in [0, 0.05) is 64.8 Å². The van der Waals surface area contributed by atoms with Crippen molar-refractivity contribution in [1.29, 1.82) is 0 Å². The van der Waals surface area contributed by atoms with E-state index in [1.807, 2.05) is 41.6 Å². The van der Waals surface area contributed by atoms with Crippen LogP contribution in [0.1, 0.15) is 17.3 Å². The molecule has 2 fully saturated rings. The van der Waals surface area contributed by atoms with Crippen molar-refractivity contribution in [2.45, 2.75) is 6.92 Å². The van der Waals surface area contributed by atoms with Crippen molar-refractivity contribution in [3.8, 4) is 0 Å². The lowest BCUT2D eigenvalue weighted by atomic mass is 10.2. The third-order valence-electron chi connectivity index (χ3n) is 5.70. The minimum absolute atomic E-state index is 0.0715. The molecule has 2 saturated heterocycles. The number of pyridine rings is 2. The van der Waals surface area contributed by atoms with E-state index in [0.717, 1.165) is 57.3 Å². The molecule has 0 saturated carbocycles. The minimum Gasteiger partial charge on any atom is -0.368 e. The number of piperazine rings is 2. The predicted octanol–water partition coefficient (Wildman–Crippen LogP) is 1.58.